The fraction of sp³-hybridized carbons (Fsp3) is 0.824. The van der Waals surface area contributed by atoms with E-state index in [1.54, 1.807) is 30.9 Å². The Morgan fingerprint density at radius 3 is 1.55 bits per heavy atom. The molecule has 0 aliphatic rings. The normalized spacial score (nSPS) is 11.8. The van der Waals surface area contributed by atoms with Crippen molar-refractivity contribution in [2.45, 2.75) is 66.2 Å². The first-order chi connectivity index (χ1) is 9.74. The van der Waals surface area contributed by atoms with Gasteiger partial charge >= 0.3 is 98.1 Å². The second kappa shape index (κ2) is 13.6. The van der Waals surface area contributed by atoms with Crippen molar-refractivity contribution in [3.05, 3.63) is 18.5 Å². The van der Waals surface area contributed by atoms with Gasteiger partial charge in [0.2, 0.25) is 0 Å². The van der Waals surface area contributed by atoms with Crippen molar-refractivity contribution < 1.29 is 0 Å². The molecular formula is C17H37N2P. The van der Waals surface area contributed by atoms with Crippen molar-refractivity contribution in [3.8, 4) is 0 Å². The van der Waals surface area contributed by atoms with Gasteiger partial charge in [-0.25, -0.2) is 0 Å². The van der Waals surface area contributed by atoms with Crippen molar-refractivity contribution in [1.29, 1.82) is 0 Å². The van der Waals surface area contributed by atoms with Crippen molar-refractivity contribution in [1.82, 2.24) is 10.2 Å². The Bertz CT molecular complexity index is 234. The van der Waals surface area contributed by atoms with Gasteiger partial charge in [0.05, 0.1) is 0 Å². The molecule has 0 aliphatic carbocycles. The number of rotatable bonds is 10. The van der Waals surface area contributed by atoms with Gasteiger partial charge in [0.25, 0.3) is 0 Å². The van der Waals surface area contributed by atoms with Crippen molar-refractivity contribution >= 4 is 7.26 Å². The predicted octanol–water partition coefficient (Wildman–Crippen LogP) is 5.57. The smallest absolute Gasteiger partial charge is 0.0487 e. The van der Waals surface area contributed by atoms with Crippen molar-refractivity contribution in [3.63, 3.8) is 0 Å². The molecule has 1 aromatic heterocycles. The second-order valence-corrected chi connectivity index (χ2v) is 11.1. The molecule has 20 heavy (non-hydrogen) atoms. The van der Waals surface area contributed by atoms with E-state index in [4.69, 9.17) is 0 Å². The van der Waals surface area contributed by atoms with E-state index in [1.165, 1.54) is 44.7 Å². The largest absolute Gasteiger partial charge is 0.286 e. The molecule has 0 aliphatic heterocycles. The number of hydrogen-bond donors (Lipinski definition) is 1. The molecule has 0 unspecified atom stereocenters. The molecule has 1 N–H and O–H groups in total. The summed E-state index contributed by atoms with van der Waals surface area (Å²) in [5, 5.41) is 6.21. The van der Waals surface area contributed by atoms with Gasteiger partial charge in [-0.05, 0) is 6.07 Å². The zero-order valence-electron chi connectivity index (χ0n) is 14.3. The fourth-order valence-electron chi connectivity index (χ4n) is 2.78. The number of hydrogen-bond acceptors (Lipinski definition) is 1. The van der Waals surface area contributed by atoms with E-state index in [1.807, 2.05) is 6.07 Å². The molecule has 0 saturated carbocycles. The minimum absolute atomic E-state index is 0.832. The van der Waals surface area contributed by atoms with Crippen LogP contribution in [-0.4, -0.2) is 34.8 Å². The molecule has 120 valence electrons. The first kappa shape index (κ1) is 19.6. The molecule has 3 heteroatoms. The third-order valence-electron chi connectivity index (χ3n) is 4.34. The number of aromatic amines is 1. The van der Waals surface area contributed by atoms with Crippen LogP contribution in [0.2, 0.25) is 0 Å². The molecule has 0 aromatic carbocycles. The Morgan fingerprint density at radius 2 is 1.35 bits per heavy atom. The van der Waals surface area contributed by atoms with Gasteiger partial charge in [0.15, 0.2) is 0 Å². The number of nitrogens with one attached hydrogen (secondary N) is 1. The van der Waals surface area contributed by atoms with Crippen LogP contribution in [0.25, 0.3) is 0 Å². The van der Waals surface area contributed by atoms with Crippen LogP contribution < -0.4 is 0 Å². The number of unbranched alkanes of at least 4 members (excludes halogenated alkanes) is 3. The molecule has 1 rings (SSSR count). The quantitative estimate of drug-likeness (QED) is 0.562. The summed E-state index contributed by atoms with van der Waals surface area (Å²) in [6.07, 6.45) is 18.5. The molecule has 0 spiro atoms. The van der Waals surface area contributed by atoms with Crippen LogP contribution in [0.5, 0.6) is 0 Å². The Kier molecular flexibility index (Phi) is 13.4. The second-order valence-electron chi connectivity index (χ2n) is 5.93. The van der Waals surface area contributed by atoms with E-state index in [2.05, 4.69) is 37.9 Å². The van der Waals surface area contributed by atoms with Crippen molar-refractivity contribution in [2.75, 3.05) is 24.6 Å². The van der Waals surface area contributed by atoms with Crippen LogP contribution in [0.1, 0.15) is 66.2 Å². The summed E-state index contributed by atoms with van der Waals surface area (Å²) in [5.74, 6) is 0. The van der Waals surface area contributed by atoms with Crippen LogP contribution in [-0.2, 0) is 0 Å². The average Bonchev–Trinajstić information content (AvgIpc) is 3.07. The SMILES string of the molecule is CCCC[PH](CC)(CCCC)CCCC.c1cn[nH]c1. The molecule has 0 bridgehead atoms. The molecular weight excluding hydrogens is 263 g/mol. The van der Waals surface area contributed by atoms with Gasteiger partial charge in [0, 0.05) is 12.4 Å². The number of aromatic nitrogens is 2. The van der Waals surface area contributed by atoms with Gasteiger partial charge < -0.3 is 0 Å². The topological polar surface area (TPSA) is 28.7 Å². The fourth-order valence-corrected chi connectivity index (χ4v) is 7.90. The maximum atomic E-state index is 3.60. The average molecular weight is 300 g/mol. The minimum Gasteiger partial charge on any atom is -0.286 e. The maximum Gasteiger partial charge on any atom is 0.0487 e. The van der Waals surface area contributed by atoms with E-state index in [9.17, 15) is 0 Å². The molecule has 0 radical (unpaired) electrons. The van der Waals surface area contributed by atoms with Crippen LogP contribution in [0.15, 0.2) is 18.5 Å². The summed E-state index contributed by atoms with van der Waals surface area (Å²) in [5.41, 5.74) is 0. The van der Waals surface area contributed by atoms with Gasteiger partial charge in [-0.1, -0.05) is 0 Å². The zero-order chi connectivity index (χ0) is 15.1. The summed E-state index contributed by atoms with van der Waals surface area (Å²) in [4.78, 5) is 0. The van der Waals surface area contributed by atoms with E-state index >= 15 is 0 Å². The molecule has 2 nitrogen and oxygen atoms in total. The standard InChI is InChI=1S/C14H33P.C3H4N2/c1-5-9-12-15(8-4,13-10-6-2)14-11-7-3;1-2-4-5-3-1/h15H,5-14H2,1-4H3;1-3H,(H,4,5). The Labute approximate surface area is 127 Å². The zero-order valence-corrected chi connectivity index (χ0v) is 15.3. The first-order valence-electron chi connectivity index (χ1n) is 8.68. The van der Waals surface area contributed by atoms with E-state index in [0.717, 1.165) is 0 Å². The van der Waals surface area contributed by atoms with Crippen LogP contribution in [0, 0.1) is 0 Å². The Morgan fingerprint density at radius 1 is 0.850 bits per heavy atom. The van der Waals surface area contributed by atoms with Gasteiger partial charge in [0.1, 0.15) is 0 Å². The Balaban J connectivity index is 0.000000595. The molecule has 0 saturated heterocycles. The summed E-state index contributed by atoms with van der Waals surface area (Å²) in [6.45, 7) is 9.49. The van der Waals surface area contributed by atoms with Crippen LogP contribution in [0.4, 0.5) is 0 Å². The molecule has 1 heterocycles. The first-order valence-corrected chi connectivity index (χ1v) is 11.5. The van der Waals surface area contributed by atoms with Gasteiger partial charge in [-0.3, -0.25) is 5.10 Å². The summed E-state index contributed by atoms with van der Waals surface area (Å²) >= 11 is 0. The van der Waals surface area contributed by atoms with Gasteiger partial charge in [-0.2, -0.15) is 5.10 Å². The maximum absolute atomic E-state index is 3.60. The predicted molar refractivity (Wildman–Crippen MR) is 96.8 cm³/mol. The molecule has 1 aromatic rings. The van der Waals surface area contributed by atoms with Crippen LogP contribution in [0.3, 0.4) is 0 Å². The monoisotopic (exact) mass is 300 g/mol. The molecule has 0 fully saturated rings. The summed E-state index contributed by atoms with van der Waals surface area (Å²) < 4.78 is 0. The van der Waals surface area contributed by atoms with Crippen LogP contribution >= 0.6 is 7.26 Å². The Hall–Kier alpha value is -0.360. The third kappa shape index (κ3) is 9.53. The van der Waals surface area contributed by atoms with E-state index in [0.29, 0.717) is 0 Å². The third-order valence-corrected chi connectivity index (χ3v) is 10.1. The molecule has 0 amide bonds. The van der Waals surface area contributed by atoms with E-state index < -0.39 is 7.26 Å². The number of nitrogens with zero attached hydrogens (tertiary/aromatic N) is 1. The van der Waals surface area contributed by atoms with Gasteiger partial charge in [-0.15, -0.1) is 0 Å². The van der Waals surface area contributed by atoms with E-state index in [-0.39, 0.29) is 0 Å². The number of H-pyrrole nitrogens is 1. The molecule has 0 atom stereocenters. The summed E-state index contributed by atoms with van der Waals surface area (Å²) in [6, 6.07) is 1.83. The van der Waals surface area contributed by atoms with Crippen molar-refractivity contribution in [2.24, 2.45) is 0 Å². The minimum atomic E-state index is -0.832. The summed E-state index contributed by atoms with van der Waals surface area (Å²) in [7, 11) is -0.832.